The summed E-state index contributed by atoms with van der Waals surface area (Å²) in [6.45, 7) is 1.41. The third-order valence-corrected chi connectivity index (χ3v) is 2.13. The van der Waals surface area contributed by atoms with Crippen molar-refractivity contribution in [3.8, 4) is 5.75 Å². The van der Waals surface area contributed by atoms with Gasteiger partial charge in [-0.1, -0.05) is 0 Å². The average Bonchev–Trinajstić information content (AvgIpc) is 2.04. The van der Waals surface area contributed by atoms with Crippen LogP contribution in [0.25, 0.3) is 0 Å². The maximum absolute atomic E-state index is 13.1. The summed E-state index contributed by atoms with van der Waals surface area (Å²) in [6, 6.07) is 2.56. The summed E-state index contributed by atoms with van der Waals surface area (Å²) in [5.74, 6) is -0.589. The molecule has 0 fully saturated rings. The van der Waals surface area contributed by atoms with Gasteiger partial charge in [-0.3, -0.25) is 5.11 Å². The standard InChI is InChI=1S/C9H9FNO/c10-9-4-7(12)3-6-5-11-2-1-8(6)9/h3-4,11H,1-2,5H2. The Labute approximate surface area is 70.0 Å². The summed E-state index contributed by atoms with van der Waals surface area (Å²) in [5, 5.41) is 14.0. The van der Waals surface area contributed by atoms with Gasteiger partial charge in [0.1, 0.15) is 5.82 Å². The first-order valence-corrected chi connectivity index (χ1v) is 3.96. The fourth-order valence-electron chi connectivity index (χ4n) is 1.54. The molecule has 1 aromatic carbocycles. The van der Waals surface area contributed by atoms with E-state index in [2.05, 4.69) is 5.32 Å². The second-order valence-electron chi connectivity index (χ2n) is 2.97. The molecule has 1 aromatic rings. The van der Waals surface area contributed by atoms with E-state index in [0.717, 1.165) is 18.2 Å². The Bertz CT molecular complexity index is 312. The summed E-state index contributed by atoms with van der Waals surface area (Å²) < 4.78 is 13.1. The van der Waals surface area contributed by atoms with E-state index in [0.29, 0.717) is 18.5 Å². The average molecular weight is 166 g/mol. The maximum Gasteiger partial charge on any atom is 0.181 e. The van der Waals surface area contributed by atoms with Crippen LogP contribution in [0.3, 0.4) is 0 Å². The molecule has 1 aliphatic rings. The molecule has 63 valence electrons. The van der Waals surface area contributed by atoms with Gasteiger partial charge in [0.05, 0.1) is 0 Å². The van der Waals surface area contributed by atoms with Crippen molar-refractivity contribution in [2.75, 3.05) is 6.54 Å². The highest BCUT2D eigenvalue weighted by Crippen LogP contribution is 2.23. The van der Waals surface area contributed by atoms with Gasteiger partial charge in [-0.25, -0.2) is 4.39 Å². The SMILES string of the molecule is [O]c1cc(F)c2c(c1)CNCC2. The largest absolute Gasteiger partial charge is 0.312 e. The Morgan fingerprint density at radius 2 is 2.25 bits per heavy atom. The molecule has 0 aliphatic carbocycles. The molecule has 0 atom stereocenters. The quantitative estimate of drug-likeness (QED) is 0.624. The highest BCUT2D eigenvalue weighted by molar-refractivity contribution is 5.37. The van der Waals surface area contributed by atoms with Crippen LogP contribution in [0.4, 0.5) is 4.39 Å². The molecule has 0 aromatic heterocycles. The molecule has 2 nitrogen and oxygen atoms in total. The van der Waals surface area contributed by atoms with E-state index in [1.54, 1.807) is 0 Å². The van der Waals surface area contributed by atoms with Crippen molar-refractivity contribution in [2.24, 2.45) is 0 Å². The molecular weight excluding hydrogens is 157 g/mol. The van der Waals surface area contributed by atoms with Crippen LogP contribution in [-0.4, -0.2) is 6.54 Å². The van der Waals surface area contributed by atoms with E-state index in [9.17, 15) is 9.50 Å². The second-order valence-corrected chi connectivity index (χ2v) is 2.97. The molecule has 0 amide bonds. The Balaban J connectivity index is 2.53. The summed E-state index contributed by atoms with van der Waals surface area (Å²) in [6.07, 6.45) is 0.682. The number of halogens is 1. The van der Waals surface area contributed by atoms with Gasteiger partial charge >= 0.3 is 0 Å². The van der Waals surface area contributed by atoms with E-state index in [1.807, 2.05) is 0 Å². The zero-order chi connectivity index (χ0) is 8.55. The molecule has 1 N–H and O–H groups in total. The Kier molecular flexibility index (Phi) is 1.73. The van der Waals surface area contributed by atoms with Crippen LogP contribution in [0.1, 0.15) is 11.1 Å². The first kappa shape index (κ1) is 7.55. The van der Waals surface area contributed by atoms with Crippen LogP contribution in [0.2, 0.25) is 0 Å². The van der Waals surface area contributed by atoms with Crippen molar-refractivity contribution in [3.05, 3.63) is 29.1 Å². The fourth-order valence-corrected chi connectivity index (χ4v) is 1.54. The van der Waals surface area contributed by atoms with Gasteiger partial charge in [-0.05, 0) is 30.2 Å². The molecule has 1 aliphatic heterocycles. The predicted molar refractivity (Wildman–Crippen MR) is 41.9 cm³/mol. The molecule has 0 saturated heterocycles. The molecule has 0 spiro atoms. The van der Waals surface area contributed by atoms with Crippen LogP contribution >= 0.6 is 0 Å². The normalized spacial score (nSPS) is 15.8. The van der Waals surface area contributed by atoms with Crippen LogP contribution in [0, 0.1) is 5.82 Å². The molecule has 1 radical (unpaired) electrons. The van der Waals surface area contributed by atoms with E-state index in [1.165, 1.54) is 6.07 Å². The number of hydrogen-bond acceptors (Lipinski definition) is 1. The lowest BCUT2D eigenvalue weighted by Gasteiger charge is -2.16. The molecule has 0 bridgehead atoms. The molecule has 0 unspecified atom stereocenters. The molecule has 12 heavy (non-hydrogen) atoms. The Morgan fingerprint density at radius 3 is 3.08 bits per heavy atom. The van der Waals surface area contributed by atoms with Crippen molar-refractivity contribution < 1.29 is 9.50 Å². The third-order valence-electron chi connectivity index (χ3n) is 2.13. The van der Waals surface area contributed by atoms with Crippen molar-refractivity contribution in [1.29, 1.82) is 0 Å². The maximum atomic E-state index is 13.1. The fraction of sp³-hybridized carbons (Fsp3) is 0.333. The van der Waals surface area contributed by atoms with E-state index in [4.69, 9.17) is 0 Å². The van der Waals surface area contributed by atoms with Gasteiger partial charge in [0.2, 0.25) is 0 Å². The van der Waals surface area contributed by atoms with Gasteiger partial charge in [0, 0.05) is 12.6 Å². The first-order chi connectivity index (χ1) is 5.77. The number of nitrogens with one attached hydrogen (secondary N) is 1. The van der Waals surface area contributed by atoms with Crippen LogP contribution in [0.5, 0.6) is 5.75 Å². The highest BCUT2D eigenvalue weighted by atomic mass is 19.1. The minimum Gasteiger partial charge on any atom is -0.312 e. The molecule has 1 heterocycles. The van der Waals surface area contributed by atoms with E-state index in [-0.39, 0.29) is 11.6 Å². The smallest absolute Gasteiger partial charge is 0.181 e. The molecule has 3 heteroatoms. The zero-order valence-corrected chi connectivity index (χ0v) is 6.56. The van der Waals surface area contributed by atoms with Crippen molar-refractivity contribution in [1.82, 2.24) is 5.32 Å². The van der Waals surface area contributed by atoms with Gasteiger partial charge < -0.3 is 5.32 Å². The molecule has 0 saturated carbocycles. The summed E-state index contributed by atoms with van der Waals surface area (Å²) >= 11 is 0. The monoisotopic (exact) mass is 166 g/mol. The lowest BCUT2D eigenvalue weighted by Crippen LogP contribution is -2.24. The lowest BCUT2D eigenvalue weighted by molar-refractivity contribution is 0.350. The number of fused-ring (bicyclic) bond motifs is 1. The van der Waals surface area contributed by atoms with E-state index < -0.39 is 0 Å². The van der Waals surface area contributed by atoms with Crippen LogP contribution in [-0.2, 0) is 18.1 Å². The lowest BCUT2D eigenvalue weighted by atomic mass is 10.0. The summed E-state index contributed by atoms with van der Waals surface area (Å²) in [5.41, 5.74) is 1.51. The molecular formula is C9H9FNO. The van der Waals surface area contributed by atoms with E-state index >= 15 is 0 Å². The van der Waals surface area contributed by atoms with Gasteiger partial charge in [0.15, 0.2) is 5.75 Å². The topological polar surface area (TPSA) is 31.9 Å². The zero-order valence-electron chi connectivity index (χ0n) is 6.56. The number of rotatable bonds is 0. The summed E-state index contributed by atoms with van der Waals surface area (Å²) in [4.78, 5) is 0. The number of benzene rings is 1. The van der Waals surface area contributed by atoms with Crippen molar-refractivity contribution in [3.63, 3.8) is 0 Å². The van der Waals surface area contributed by atoms with Crippen molar-refractivity contribution in [2.45, 2.75) is 13.0 Å². The van der Waals surface area contributed by atoms with Crippen LogP contribution < -0.4 is 5.32 Å². The minimum atomic E-state index is -0.348. The highest BCUT2D eigenvalue weighted by Gasteiger charge is 2.14. The first-order valence-electron chi connectivity index (χ1n) is 3.96. The molecule has 2 rings (SSSR count). The third kappa shape index (κ3) is 1.16. The summed E-state index contributed by atoms with van der Waals surface area (Å²) in [7, 11) is 0. The number of hydrogen-bond donors (Lipinski definition) is 1. The van der Waals surface area contributed by atoms with Gasteiger partial charge in [-0.2, -0.15) is 0 Å². The Hall–Kier alpha value is -1.09. The Morgan fingerprint density at radius 1 is 1.42 bits per heavy atom. The van der Waals surface area contributed by atoms with Gasteiger partial charge in [0.25, 0.3) is 0 Å². The van der Waals surface area contributed by atoms with Gasteiger partial charge in [-0.15, -0.1) is 0 Å². The van der Waals surface area contributed by atoms with Crippen LogP contribution in [0.15, 0.2) is 12.1 Å². The minimum absolute atomic E-state index is 0.241. The predicted octanol–water partition coefficient (Wildman–Crippen LogP) is 1.62. The van der Waals surface area contributed by atoms with Crippen molar-refractivity contribution >= 4 is 0 Å². The second kappa shape index (κ2) is 2.75.